The van der Waals surface area contributed by atoms with Gasteiger partial charge in [0.05, 0.1) is 11.9 Å². The number of nitrogens with one attached hydrogen (secondary N) is 1. The maximum atomic E-state index is 4.85. The fourth-order valence-corrected chi connectivity index (χ4v) is 4.48. The van der Waals surface area contributed by atoms with E-state index in [1.807, 2.05) is 16.8 Å². The van der Waals surface area contributed by atoms with Gasteiger partial charge in [-0.2, -0.15) is 5.10 Å². The van der Waals surface area contributed by atoms with E-state index < -0.39 is 0 Å². The van der Waals surface area contributed by atoms with Crippen molar-refractivity contribution in [2.24, 2.45) is 0 Å². The van der Waals surface area contributed by atoms with Crippen LogP contribution in [0.2, 0.25) is 0 Å². The van der Waals surface area contributed by atoms with E-state index >= 15 is 0 Å². The topological polar surface area (TPSA) is 81.4 Å². The van der Waals surface area contributed by atoms with E-state index in [-0.39, 0.29) is 0 Å². The third-order valence-corrected chi connectivity index (χ3v) is 6.34. The highest BCUT2D eigenvalue weighted by Gasteiger charge is 2.15. The first-order valence-corrected chi connectivity index (χ1v) is 10.8. The number of benzene rings is 1. The molecule has 0 spiro atoms. The molecule has 1 N–H and O–H groups in total. The molecular weight excluding hydrogens is 406 g/mol. The van der Waals surface area contributed by atoms with Crippen LogP contribution in [0.3, 0.4) is 0 Å². The van der Waals surface area contributed by atoms with Gasteiger partial charge in [-0.15, -0.1) is 11.3 Å². The molecular formula is C23H21N7S. The van der Waals surface area contributed by atoms with E-state index in [0.29, 0.717) is 18.9 Å². The molecule has 31 heavy (non-hydrogen) atoms. The predicted molar refractivity (Wildman–Crippen MR) is 123 cm³/mol. The van der Waals surface area contributed by atoms with Crippen LogP contribution in [-0.2, 0) is 13.1 Å². The Bertz CT molecular complexity index is 1310. The van der Waals surface area contributed by atoms with Crippen LogP contribution in [0.1, 0.15) is 21.6 Å². The second-order valence-corrected chi connectivity index (χ2v) is 8.57. The SMILES string of the molecule is Cc1sc2nc(-c3cccnc3)nc(NCc3ccc(Cn4cncn4)cc3)c2c1C. The summed E-state index contributed by atoms with van der Waals surface area (Å²) in [6.45, 7) is 5.65. The van der Waals surface area contributed by atoms with Crippen molar-refractivity contribution in [1.29, 1.82) is 0 Å². The highest BCUT2D eigenvalue weighted by molar-refractivity contribution is 7.18. The Morgan fingerprint density at radius 3 is 2.58 bits per heavy atom. The predicted octanol–water partition coefficient (Wildman–Crippen LogP) is 4.62. The van der Waals surface area contributed by atoms with E-state index in [2.05, 4.69) is 58.5 Å². The third kappa shape index (κ3) is 4.02. The van der Waals surface area contributed by atoms with Gasteiger partial charge >= 0.3 is 0 Å². The highest BCUT2D eigenvalue weighted by atomic mass is 32.1. The van der Waals surface area contributed by atoms with Crippen molar-refractivity contribution in [3.8, 4) is 11.4 Å². The summed E-state index contributed by atoms with van der Waals surface area (Å²) in [4.78, 5) is 20.1. The van der Waals surface area contributed by atoms with E-state index in [1.165, 1.54) is 21.6 Å². The molecule has 4 aromatic heterocycles. The number of aryl methyl sites for hydroxylation is 2. The normalized spacial score (nSPS) is 11.2. The summed E-state index contributed by atoms with van der Waals surface area (Å²) in [5.41, 5.74) is 4.50. The minimum absolute atomic E-state index is 0.677. The molecule has 0 saturated heterocycles. The van der Waals surface area contributed by atoms with Crippen LogP contribution < -0.4 is 5.32 Å². The standard InChI is InChI=1S/C23H21N7S/c1-15-16(2)31-23-20(15)22(28-21(29-23)19-4-3-9-24-11-19)26-10-17-5-7-18(8-6-17)12-30-14-25-13-27-30/h3-9,11,13-14H,10,12H2,1-2H3,(H,26,28,29). The second-order valence-electron chi connectivity index (χ2n) is 7.36. The first kappa shape index (κ1) is 19.3. The molecule has 4 heterocycles. The molecule has 5 rings (SSSR count). The lowest BCUT2D eigenvalue weighted by Crippen LogP contribution is -2.05. The van der Waals surface area contributed by atoms with Crippen molar-refractivity contribution in [2.75, 3.05) is 5.32 Å². The van der Waals surface area contributed by atoms with Crippen molar-refractivity contribution in [1.82, 2.24) is 29.7 Å². The number of nitrogens with zero attached hydrogens (tertiary/aromatic N) is 6. The number of pyridine rings is 1. The summed E-state index contributed by atoms with van der Waals surface area (Å²) in [5.74, 6) is 1.55. The number of aromatic nitrogens is 6. The van der Waals surface area contributed by atoms with Gasteiger partial charge in [0.2, 0.25) is 0 Å². The van der Waals surface area contributed by atoms with Crippen LogP contribution in [0, 0.1) is 13.8 Å². The van der Waals surface area contributed by atoms with Gasteiger partial charge in [-0.1, -0.05) is 24.3 Å². The van der Waals surface area contributed by atoms with Gasteiger partial charge in [0, 0.05) is 29.4 Å². The molecule has 0 unspecified atom stereocenters. The van der Waals surface area contributed by atoms with Gasteiger partial charge in [0.15, 0.2) is 5.82 Å². The van der Waals surface area contributed by atoms with Crippen LogP contribution in [0.5, 0.6) is 0 Å². The molecule has 0 fully saturated rings. The van der Waals surface area contributed by atoms with Gasteiger partial charge in [-0.25, -0.2) is 19.6 Å². The average molecular weight is 428 g/mol. The molecule has 0 bridgehead atoms. The molecule has 7 nitrogen and oxygen atoms in total. The lowest BCUT2D eigenvalue weighted by atomic mass is 10.1. The van der Waals surface area contributed by atoms with Crippen LogP contribution in [0.15, 0.2) is 61.4 Å². The molecule has 0 aliphatic heterocycles. The maximum Gasteiger partial charge on any atom is 0.164 e. The summed E-state index contributed by atoms with van der Waals surface area (Å²) in [7, 11) is 0. The van der Waals surface area contributed by atoms with Crippen molar-refractivity contribution < 1.29 is 0 Å². The number of hydrogen-bond acceptors (Lipinski definition) is 7. The van der Waals surface area contributed by atoms with Crippen LogP contribution >= 0.6 is 11.3 Å². The highest BCUT2D eigenvalue weighted by Crippen LogP contribution is 2.35. The zero-order chi connectivity index (χ0) is 21.2. The van der Waals surface area contributed by atoms with E-state index in [1.54, 1.807) is 36.4 Å². The van der Waals surface area contributed by atoms with Gasteiger partial charge in [0.1, 0.15) is 23.3 Å². The molecule has 8 heteroatoms. The van der Waals surface area contributed by atoms with Crippen LogP contribution in [0.25, 0.3) is 21.6 Å². The molecule has 0 aliphatic carbocycles. The molecule has 5 aromatic rings. The summed E-state index contributed by atoms with van der Waals surface area (Å²) < 4.78 is 1.81. The number of rotatable bonds is 6. The maximum absolute atomic E-state index is 4.85. The van der Waals surface area contributed by atoms with E-state index in [0.717, 1.165) is 21.6 Å². The minimum Gasteiger partial charge on any atom is -0.365 e. The van der Waals surface area contributed by atoms with Gasteiger partial charge in [-0.3, -0.25) is 4.98 Å². The zero-order valence-electron chi connectivity index (χ0n) is 17.3. The van der Waals surface area contributed by atoms with Crippen molar-refractivity contribution in [2.45, 2.75) is 26.9 Å². The fraction of sp³-hybridized carbons (Fsp3) is 0.174. The summed E-state index contributed by atoms with van der Waals surface area (Å²) >= 11 is 1.70. The Labute approximate surface area is 183 Å². The quantitative estimate of drug-likeness (QED) is 0.426. The minimum atomic E-state index is 0.677. The molecule has 1 aromatic carbocycles. The summed E-state index contributed by atoms with van der Waals surface area (Å²) in [6, 6.07) is 12.4. The Kier molecular flexibility index (Phi) is 5.13. The van der Waals surface area contributed by atoms with Gasteiger partial charge < -0.3 is 5.32 Å². The second kappa shape index (κ2) is 8.23. The summed E-state index contributed by atoms with van der Waals surface area (Å²) in [5, 5.41) is 8.79. The Morgan fingerprint density at radius 1 is 1.00 bits per heavy atom. The van der Waals surface area contributed by atoms with E-state index in [9.17, 15) is 0 Å². The van der Waals surface area contributed by atoms with Crippen LogP contribution in [-0.4, -0.2) is 29.7 Å². The number of hydrogen-bond donors (Lipinski definition) is 1. The molecule has 0 amide bonds. The van der Waals surface area contributed by atoms with Crippen molar-refractivity contribution >= 4 is 27.4 Å². The summed E-state index contributed by atoms with van der Waals surface area (Å²) in [6.07, 6.45) is 6.83. The first-order valence-electron chi connectivity index (χ1n) is 9.99. The Hall–Kier alpha value is -3.65. The van der Waals surface area contributed by atoms with Crippen molar-refractivity contribution in [3.63, 3.8) is 0 Å². The lowest BCUT2D eigenvalue weighted by Gasteiger charge is -2.11. The molecule has 154 valence electrons. The Balaban J connectivity index is 1.41. The number of anilines is 1. The molecule has 0 radical (unpaired) electrons. The largest absolute Gasteiger partial charge is 0.365 e. The van der Waals surface area contributed by atoms with Gasteiger partial charge in [-0.05, 0) is 42.7 Å². The van der Waals surface area contributed by atoms with E-state index in [4.69, 9.17) is 9.97 Å². The molecule has 0 aliphatic rings. The van der Waals surface area contributed by atoms with Crippen LogP contribution in [0.4, 0.5) is 5.82 Å². The number of thiophene rings is 1. The Morgan fingerprint density at radius 2 is 1.84 bits per heavy atom. The average Bonchev–Trinajstić information content (AvgIpc) is 3.41. The lowest BCUT2D eigenvalue weighted by molar-refractivity contribution is 0.684. The third-order valence-electron chi connectivity index (χ3n) is 5.24. The fourth-order valence-electron chi connectivity index (χ4n) is 3.45. The smallest absolute Gasteiger partial charge is 0.164 e. The first-order chi connectivity index (χ1) is 15.2. The molecule has 0 saturated carbocycles. The molecule has 0 atom stereocenters. The van der Waals surface area contributed by atoms with Gasteiger partial charge in [0.25, 0.3) is 0 Å². The zero-order valence-corrected chi connectivity index (χ0v) is 18.1. The van der Waals surface area contributed by atoms with Crippen molar-refractivity contribution in [3.05, 3.63) is 83.0 Å². The monoisotopic (exact) mass is 427 g/mol. The number of fused-ring (bicyclic) bond motifs is 1.